The first-order valence-corrected chi connectivity index (χ1v) is 28.3. The minimum Gasteiger partial charge on any atom is -0.462 e. The van der Waals surface area contributed by atoms with Gasteiger partial charge in [-0.05, 0) is 70.6 Å². The summed E-state index contributed by atoms with van der Waals surface area (Å²) in [7, 11) is 0. The van der Waals surface area contributed by atoms with E-state index in [0.717, 1.165) is 64.2 Å². The Labute approximate surface area is 398 Å². The molecular weight excluding hydrogens is 793 g/mol. The van der Waals surface area contributed by atoms with Crippen molar-refractivity contribution < 1.29 is 28.6 Å². The maximum atomic E-state index is 12.8. The van der Waals surface area contributed by atoms with Crippen LogP contribution >= 0.6 is 0 Å². The lowest BCUT2D eigenvalue weighted by Crippen LogP contribution is -2.30. The maximum absolute atomic E-state index is 12.8. The van der Waals surface area contributed by atoms with Crippen LogP contribution in [0.4, 0.5) is 0 Å². The first kappa shape index (κ1) is 61.9. The minimum atomic E-state index is -0.773. The van der Waals surface area contributed by atoms with Gasteiger partial charge in [-0.1, -0.05) is 244 Å². The number of rotatable bonds is 52. The summed E-state index contributed by atoms with van der Waals surface area (Å²) in [6, 6.07) is 0. The average molecular weight is 901 g/mol. The molecule has 0 N–H and O–H groups in total. The first-order valence-electron chi connectivity index (χ1n) is 28.3. The molecule has 0 rings (SSSR count). The Morgan fingerprint density at radius 2 is 0.516 bits per heavy atom. The normalized spacial score (nSPS) is 12.1. The highest BCUT2D eigenvalue weighted by Crippen LogP contribution is 2.16. The maximum Gasteiger partial charge on any atom is 0.306 e. The van der Waals surface area contributed by atoms with Gasteiger partial charge in [0, 0.05) is 19.3 Å². The van der Waals surface area contributed by atoms with Crippen LogP contribution in [0.15, 0.2) is 24.3 Å². The van der Waals surface area contributed by atoms with Gasteiger partial charge >= 0.3 is 17.9 Å². The van der Waals surface area contributed by atoms with Crippen molar-refractivity contribution in [3.05, 3.63) is 24.3 Å². The van der Waals surface area contributed by atoms with Gasteiger partial charge in [0.2, 0.25) is 0 Å². The molecule has 0 spiro atoms. The molecule has 376 valence electrons. The third-order valence-electron chi connectivity index (χ3n) is 12.7. The van der Waals surface area contributed by atoms with Gasteiger partial charge in [0.1, 0.15) is 13.2 Å². The summed E-state index contributed by atoms with van der Waals surface area (Å²) in [6.07, 6.45) is 61.6. The molecule has 0 heterocycles. The number of carbonyl (C=O) groups is 3. The van der Waals surface area contributed by atoms with Gasteiger partial charge in [-0.3, -0.25) is 14.4 Å². The van der Waals surface area contributed by atoms with Crippen molar-refractivity contribution in [1.29, 1.82) is 0 Å². The molecular formula is C58H108O6. The minimum absolute atomic E-state index is 0.0717. The molecule has 0 saturated heterocycles. The number of allylic oxidation sites excluding steroid dienone is 4. The molecule has 0 aliphatic rings. The predicted molar refractivity (Wildman–Crippen MR) is 275 cm³/mol. The third kappa shape index (κ3) is 50.9. The molecule has 64 heavy (non-hydrogen) atoms. The fourth-order valence-electron chi connectivity index (χ4n) is 8.37. The van der Waals surface area contributed by atoms with Crippen molar-refractivity contribution in [1.82, 2.24) is 0 Å². The van der Waals surface area contributed by atoms with Crippen LogP contribution < -0.4 is 0 Å². The van der Waals surface area contributed by atoms with E-state index in [2.05, 4.69) is 45.1 Å². The Morgan fingerprint density at radius 3 is 0.781 bits per heavy atom. The standard InChI is InChI=1S/C58H108O6/c1-4-7-10-13-16-19-22-25-27-29-31-33-36-39-42-45-48-51-57(60)63-54-55(53-62-56(59)50-47-44-41-38-35-32-24-21-18-15-12-9-6-3)64-58(61)52-49-46-43-40-37-34-30-28-26-23-20-17-14-11-8-5-2/h25,27-28,30,55H,4-24,26,29,31-54H2,1-3H3/b27-25-,30-28-. The summed E-state index contributed by atoms with van der Waals surface area (Å²) < 4.78 is 16.9. The summed E-state index contributed by atoms with van der Waals surface area (Å²) >= 11 is 0. The smallest absolute Gasteiger partial charge is 0.306 e. The molecule has 0 aromatic carbocycles. The number of carbonyl (C=O) groups excluding carboxylic acids is 3. The van der Waals surface area contributed by atoms with Crippen molar-refractivity contribution in [2.45, 2.75) is 316 Å². The zero-order chi connectivity index (χ0) is 46.5. The lowest BCUT2D eigenvalue weighted by Gasteiger charge is -2.18. The second-order valence-corrected chi connectivity index (χ2v) is 19.2. The van der Waals surface area contributed by atoms with Crippen molar-refractivity contribution in [2.24, 2.45) is 0 Å². The number of ether oxygens (including phenoxy) is 3. The Hall–Kier alpha value is -2.11. The third-order valence-corrected chi connectivity index (χ3v) is 12.7. The topological polar surface area (TPSA) is 78.9 Å². The van der Waals surface area contributed by atoms with Crippen molar-refractivity contribution in [3.8, 4) is 0 Å². The van der Waals surface area contributed by atoms with Crippen LogP contribution in [-0.4, -0.2) is 37.2 Å². The fraction of sp³-hybridized carbons (Fsp3) is 0.879. The van der Waals surface area contributed by atoms with Crippen molar-refractivity contribution >= 4 is 17.9 Å². The molecule has 1 atom stereocenters. The Balaban J connectivity index is 4.35. The molecule has 0 aromatic heterocycles. The van der Waals surface area contributed by atoms with Crippen LogP contribution in [0.5, 0.6) is 0 Å². The molecule has 6 heteroatoms. The van der Waals surface area contributed by atoms with Crippen LogP contribution in [0.1, 0.15) is 310 Å². The number of esters is 3. The summed E-state index contributed by atoms with van der Waals surface area (Å²) in [4.78, 5) is 38.1. The number of hydrogen-bond acceptors (Lipinski definition) is 6. The number of unbranched alkanes of at least 4 members (excludes halogenated alkanes) is 37. The van der Waals surface area contributed by atoms with Crippen LogP contribution in [0.25, 0.3) is 0 Å². The SMILES string of the molecule is CCCCCCCC/C=C\CCCCCCCCCC(=O)OCC(COC(=O)CCCCCCCCCCCCCCC)OC(=O)CCCCCCC/C=C\CCCCCCCCC. The van der Waals surface area contributed by atoms with Gasteiger partial charge in [-0.2, -0.15) is 0 Å². The summed E-state index contributed by atoms with van der Waals surface area (Å²) in [5.41, 5.74) is 0. The molecule has 6 nitrogen and oxygen atoms in total. The highest BCUT2D eigenvalue weighted by molar-refractivity contribution is 5.71. The largest absolute Gasteiger partial charge is 0.462 e. The van der Waals surface area contributed by atoms with Crippen LogP contribution in [0, 0.1) is 0 Å². The van der Waals surface area contributed by atoms with Crippen molar-refractivity contribution in [2.75, 3.05) is 13.2 Å². The molecule has 0 radical (unpaired) electrons. The average Bonchev–Trinajstić information content (AvgIpc) is 3.29. The van der Waals surface area contributed by atoms with Gasteiger partial charge in [0.05, 0.1) is 0 Å². The summed E-state index contributed by atoms with van der Waals surface area (Å²) in [5.74, 6) is -0.867. The molecule has 0 aliphatic heterocycles. The van der Waals surface area contributed by atoms with Crippen molar-refractivity contribution in [3.63, 3.8) is 0 Å². The molecule has 0 amide bonds. The molecule has 0 aromatic rings. The van der Waals surface area contributed by atoms with Crippen LogP contribution in [-0.2, 0) is 28.6 Å². The van der Waals surface area contributed by atoms with E-state index in [1.165, 1.54) is 205 Å². The van der Waals surface area contributed by atoms with Gasteiger partial charge in [0.25, 0.3) is 0 Å². The van der Waals surface area contributed by atoms with Gasteiger partial charge in [-0.15, -0.1) is 0 Å². The molecule has 0 fully saturated rings. The lowest BCUT2D eigenvalue weighted by molar-refractivity contribution is -0.167. The Morgan fingerprint density at radius 1 is 0.297 bits per heavy atom. The quantitative estimate of drug-likeness (QED) is 0.0262. The molecule has 0 aliphatic carbocycles. The van der Waals surface area contributed by atoms with Gasteiger partial charge in [-0.25, -0.2) is 0 Å². The zero-order valence-electron chi connectivity index (χ0n) is 43.1. The second kappa shape index (κ2) is 53.5. The van der Waals surface area contributed by atoms with E-state index in [1.807, 2.05) is 0 Å². The molecule has 0 bridgehead atoms. The van der Waals surface area contributed by atoms with E-state index in [9.17, 15) is 14.4 Å². The van der Waals surface area contributed by atoms with E-state index < -0.39 is 6.10 Å². The van der Waals surface area contributed by atoms with Crippen LogP contribution in [0.2, 0.25) is 0 Å². The monoisotopic (exact) mass is 901 g/mol. The molecule has 0 saturated carbocycles. The lowest BCUT2D eigenvalue weighted by atomic mass is 10.0. The van der Waals surface area contributed by atoms with E-state index in [4.69, 9.17) is 14.2 Å². The predicted octanol–water partition coefficient (Wildman–Crippen LogP) is 18.7. The zero-order valence-corrected chi connectivity index (χ0v) is 43.1. The van der Waals surface area contributed by atoms with Gasteiger partial charge in [0.15, 0.2) is 6.10 Å². The van der Waals surface area contributed by atoms with E-state index in [0.29, 0.717) is 19.3 Å². The summed E-state index contributed by atoms with van der Waals surface area (Å²) in [5, 5.41) is 0. The molecule has 1 unspecified atom stereocenters. The number of hydrogen-bond donors (Lipinski definition) is 0. The first-order chi connectivity index (χ1) is 31.5. The van der Waals surface area contributed by atoms with Gasteiger partial charge < -0.3 is 14.2 Å². The fourth-order valence-corrected chi connectivity index (χ4v) is 8.37. The van der Waals surface area contributed by atoms with E-state index in [1.54, 1.807) is 0 Å². The highest BCUT2D eigenvalue weighted by Gasteiger charge is 2.19. The highest BCUT2D eigenvalue weighted by atomic mass is 16.6. The van der Waals surface area contributed by atoms with E-state index >= 15 is 0 Å². The second-order valence-electron chi connectivity index (χ2n) is 19.2. The van der Waals surface area contributed by atoms with E-state index in [-0.39, 0.29) is 31.1 Å². The Bertz CT molecular complexity index is 1040. The van der Waals surface area contributed by atoms with Crippen LogP contribution in [0.3, 0.4) is 0 Å². The summed E-state index contributed by atoms with van der Waals surface area (Å²) in [6.45, 7) is 6.66. The Kier molecular flexibility index (Phi) is 51.7.